The van der Waals surface area contributed by atoms with Crippen LogP contribution in [0, 0.1) is 47.3 Å². The van der Waals surface area contributed by atoms with E-state index in [2.05, 4.69) is 55.4 Å². The van der Waals surface area contributed by atoms with Gasteiger partial charge in [-0.05, 0) is 60.2 Å². The monoisotopic (exact) mass is 252 g/mol. The minimum atomic E-state index is 0.839. The van der Waals surface area contributed by atoms with E-state index in [1.165, 1.54) is 12.8 Å². The summed E-state index contributed by atoms with van der Waals surface area (Å²) in [4.78, 5) is 0. The Bertz CT molecular complexity index is 210. The van der Waals surface area contributed by atoms with Gasteiger partial charge in [-0.1, -0.05) is 55.4 Å². The predicted octanol–water partition coefficient (Wildman–Crippen LogP) is 5.87. The molecule has 0 N–H and O–H groups in total. The molecule has 1 aliphatic carbocycles. The van der Waals surface area contributed by atoms with Crippen LogP contribution >= 0.6 is 0 Å². The van der Waals surface area contributed by atoms with Crippen LogP contribution in [-0.2, 0) is 0 Å². The van der Waals surface area contributed by atoms with Gasteiger partial charge in [-0.3, -0.25) is 0 Å². The number of rotatable bonds is 4. The van der Waals surface area contributed by atoms with Crippen molar-refractivity contribution in [2.24, 2.45) is 47.3 Å². The second kappa shape index (κ2) is 6.44. The fourth-order valence-electron chi connectivity index (χ4n) is 4.77. The van der Waals surface area contributed by atoms with Crippen molar-refractivity contribution in [3.8, 4) is 0 Å². The van der Waals surface area contributed by atoms with Gasteiger partial charge < -0.3 is 0 Å². The molecule has 0 saturated heterocycles. The van der Waals surface area contributed by atoms with Crippen LogP contribution in [0.25, 0.3) is 0 Å². The average Bonchev–Trinajstić information content (AvgIpc) is 2.26. The summed E-state index contributed by atoms with van der Waals surface area (Å²) in [5.74, 6) is 7.16. The second-order valence-corrected chi connectivity index (χ2v) is 8.04. The molecule has 0 heteroatoms. The maximum Gasteiger partial charge on any atom is -0.0327 e. The first-order chi connectivity index (χ1) is 8.27. The van der Waals surface area contributed by atoms with Crippen LogP contribution in [0.2, 0.25) is 0 Å². The Hall–Kier alpha value is 0. The molecule has 108 valence electrons. The molecule has 0 heterocycles. The molecule has 0 aliphatic heterocycles. The van der Waals surface area contributed by atoms with Crippen molar-refractivity contribution in [1.82, 2.24) is 0 Å². The Kier molecular flexibility index (Phi) is 5.74. The Morgan fingerprint density at radius 1 is 0.500 bits per heavy atom. The van der Waals surface area contributed by atoms with E-state index in [0.29, 0.717) is 0 Å². The highest BCUT2D eigenvalue weighted by Gasteiger charge is 2.43. The third-order valence-electron chi connectivity index (χ3n) is 5.52. The summed E-state index contributed by atoms with van der Waals surface area (Å²) in [6.45, 7) is 19.6. The Morgan fingerprint density at radius 2 is 0.778 bits per heavy atom. The molecule has 0 radical (unpaired) electrons. The second-order valence-electron chi connectivity index (χ2n) is 8.04. The van der Waals surface area contributed by atoms with Crippen molar-refractivity contribution in [2.75, 3.05) is 0 Å². The maximum atomic E-state index is 2.46. The van der Waals surface area contributed by atoms with Gasteiger partial charge in [0.2, 0.25) is 0 Å². The average molecular weight is 252 g/mol. The van der Waals surface area contributed by atoms with Crippen LogP contribution in [0.4, 0.5) is 0 Å². The van der Waals surface area contributed by atoms with Gasteiger partial charge in [0.1, 0.15) is 0 Å². The molecule has 18 heavy (non-hydrogen) atoms. The molecule has 4 unspecified atom stereocenters. The summed E-state index contributed by atoms with van der Waals surface area (Å²) >= 11 is 0. The molecule has 0 aromatic carbocycles. The molecular formula is C18H36. The van der Waals surface area contributed by atoms with E-state index in [-0.39, 0.29) is 0 Å². The lowest BCUT2D eigenvalue weighted by Gasteiger charge is -2.50. The van der Waals surface area contributed by atoms with Crippen molar-refractivity contribution in [1.29, 1.82) is 0 Å². The van der Waals surface area contributed by atoms with E-state index in [1.807, 2.05) is 0 Å². The van der Waals surface area contributed by atoms with Crippen molar-refractivity contribution in [2.45, 2.75) is 68.2 Å². The van der Waals surface area contributed by atoms with E-state index in [0.717, 1.165) is 47.3 Å². The van der Waals surface area contributed by atoms with Gasteiger partial charge in [0.05, 0.1) is 0 Å². The molecule has 1 saturated carbocycles. The molecule has 0 nitrogen and oxygen atoms in total. The molecule has 1 rings (SSSR count). The largest absolute Gasteiger partial charge is 0.0625 e. The molecule has 1 aliphatic rings. The van der Waals surface area contributed by atoms with Gasteiger partial charge >= 0.3 is 0 Å². The first kappa shape index (κ1) is 16.1. The zero-order valence-electron chi connectivity index (χ0n) is 14.0. The highest BCUT2D eigenvalue weighted by atomic mass is 14.5. The molecule has 0 aromatic heterocycles. The first-order valence-electron chi connectivity index (χ1n) is 8.27. The van der Waals surface area contributed by atoms with Crippen molar-refractivity contribution >= 4 is 0 Å². The lowest BCUT2D eigenvalue weighted by atomic mass is 9.55. The standard InChI is InChI=1S/C18H36/c1-11(2)15-9-10-16(12(3)4)18(14(7)8)17(15)13(5)6/h11-18H,9-10H2,1-8H3. The van der Waals surface area contributed by atoms with Crippen molar-refractivity contribution in [3.63, 3.8) is 0 Å². The summed E-state index contributed by atoms with van der Waals surface area (Å²) in [5.41, 5.74) is 0. The Balaban J connectivity index is 3.02. The minimum Gasteiger partial charge on any atom is -0.0625 e. The van der Waals surface area contributed by atoms with Gasteiger partial charge in [-0.2, -0.15) is 0 Å². The zero-order chi connectivity index (χ0) is 14.0. The van der Waals surface area contributed by atoms with Crippen LogP contribution in [-0.4, -0.2) is 0 Å². The molecule has 0 aromatic rings. The van der Waals surface area contributed by atoms with Crippen LogP contribution < -0.4 is 0 Å². The van der Waals surface area contributed by atoms with E-state index >= 15 is 0 Å². The smallest absolute Gasteiger partial charge is 0.0327 e. The quantitative estimate of drug-likeness (QED) is 0.587. The molecular weight excluding hydrogens is 216 g/mol. The van der Waals surface area contributed by atoms with Crippen LogP contribution in [0.3, 0.4) is 0 Å². The minimum absolute atomic E-state index is 0.839. The van der Waals surface area contributed by atoms with Gasteiger partial charge in [0.25, 0.3) is 0 Å². The molecule has 0 spiro atoms. The number of hydrogen-bond acceptors (Lipinski definition) is 0. The van der Waals surface area contributed by atoms with E-state index in [4.69, 9.17) is 0 Å². The molecule has 1 fully saturated rings. The highest BCUT2D eigenvalue weighted by molar-refractivity contribution is 4.92. The van der Waals surface area contributed by atoms with Gasteiger partial charge in [-0.15, -0.1) is 0 Å². The summed E-state index contributed by atoms with van der Waals surface area (Å²) in [5, 5.41) is 0. The van der Waals surface area contributed by atoms with Gasteiger partial charge in [0.15, 0.2) is 0 Å². The fourth-order valence-corrected chi connectivity index (χ4v) is 4.77. The molecule has 4 atom stereocenters. The predicted molar refractivity (Wildman–Crippen MR) is 82.5 cm³/mol. The Morgan fingerprint density at radius 3 is 0.944 bits per heavy atom. The molecule has 0 amide bonds. The highest BCUT2D eigenvalue weighted by Crippen LogP contribution is 2.50. The third kappa shape index (κ3) is 3.31. The summed E-state index contributed by atoms with van der Waals surface area (Å²) in [6, 6.07) is 0. The van der Waals surface area contributed by atoms with E-state index in [1.54, 1.807) is 0 Å². The van der Waals surface area contributed by atoms with Gasteiger partial charge in [0, 0.05) is 0 Å². The van der Waals surface area contributed by atoms with Crippen LogP contribution in [0.15, 0.2) is 0 Å². The lowest BCUT2D eigenvalue weighted by molar-refractivity contribution is -0.0139. The van der Waals surface area contributed by atoms with Crippen LogP contribution in [0.5, 0.6) is 0 Å². The zero-order valence-corrected chi connectivity index (χ0v) is 14.0. The van der Waals surface area contributed by atoms with E-state index < -0.39 is 0 Å². The SMILES string of the molecule is CC(C)C1CCC(C(C)C)C(C(C)C)C1C(C)C. The maximum absolute atomic E-state index is 2.46. The fraction of sp³-hybridized carbons (Fsp3) is 1.00. The van der Waals surface area contributed by atoms with Crippen LogP contribution in [0.1, 0.15) is 68.2 Å². The Labute approximate surface area is 116 Å². The first-order valence-corrected chi connectivity index (χ1v) is 8.27. The van der Waals surface area contributed by atoms with E-state index in [9.17, 15) is 0 Å². The topological polar surface area (TPSA) is 0 Å². The lowest BCUT2D eigenvalue weighted by Crippen LogP contribution is -2.43. The third-order valence-corrected chi connectivity index (χ3v) is 5.52. The summed E-state index contributed by atoms with van der Waals surface area (Å²) in [7, 11) is 0. The number of hydrogen-bond donors (Lipinski definition) is 0. The van der Waals surface area contributed by atoms with Crippen molar-refractivity contribution < 1.29 is 0 Å². The molecule has 0 bridgehead atoms. The summed E-state index contributed by atoms with van der Waals surface area (Å²) in [6.07, 6.45) is 2.93. The summed E-state index contributed by atoms with van der Waals surface area (Å²) < 4.78 is 0. The van der Waals surface area contributed by atoms with Crippen molar-refractivity contribution in [3.05, 3.63) is 0 Å². The van der Waals surface area contributed by atoms with Gasteiger partial charge in [-0.25, -0.2) is 0 Å². The normalized spacial score (nSPS) is 34.0.